The number of rotatable bonds is 3. The van der Waals surface area contributed by atoms with E-state index in [1.165, 1.54) is 21.1 Å². The van der Waals surface area contributed by atoms with Gasteiger partial charge in [0.15, 0.2) is 0 Å². The first-order chi connectivity index (χ1) is 15.4. The van der Waals surface area contributed by atoms with Crippen LogP contribution >= 0.6 is 0 Å². The number of aromatic amines is 1. The molecule has 3 heterocycles. The Hall–Kier alpha value is -3.30. The van der Waals surface area contributed by atoms with Crippen molar-refractivity contribution in [3.05, 3.63) is 74.9 Å². The zero-order valence-corrected chi connectivity index (χ0v) is 18.4. The molecule has 0 spiro atoms. The second kappa shape index (κ2) is 7.68. The average molecular weight is 451 g/mol. The van der Waals surface area contributed by atoms with Crippen LogP contribution in [0.4, 0.5) is 0 Å². The third kappa shape index (κ3) is 3.25. The zero-order valence-electron chi connectivity index (χ0n) is 17.5. The molecule has 0 amide bonds. The molecule has 1 aliphatic heterocycles. The molecule has 1 N–H and O–H groups in total. The quantitative estimate of drug-likeness (QED) is 0.483. The Labute approximate surface area is 184 Å². The maximum atomic E-state index is 13.3. The van der Waals surface area contributed by atoms with Crippen LogP contribution in [0.3, 0.4) is 0 Å². The SMILES string of the molecule is Cc1nc2ccc(S(=O)(=O)N3CCCCC3)cc2c2c(=O)[nH]n(-c3ccccc3)c(=O)c12. The molecule has 0 atom stereocenters. The lowest BCUT2D eigenvalue weighted by molar-refractivity contribution is 0.346. The Morgan fingerprint density at radius 1 is 0.938 bits per heavy atom. The van der Waals surface area contributed by atoms with Crippen LogP contribution in [-0.2, 0) is 10.0 Å². The van der Waals surface area contributed by atoms with Crippen LogP contribution in [0.2, 0.25) is 0 Å². The van der Waals surface area contributed by atoms with Gasteiger partial charge in [-0.05, 0) is 50.1 Å². The first-order valence-corrected chi connectivity index (χ1v) is 12.0. The Balaban J connectivity index is 1.79. The highest BCUT2D eigenvalue weighted by molar-refractivity contribution is 7.89. The summed E-state index contributed by atoms with van der Waals surface area (Å²) in [6.45, 7) is 2.64. The summed E-state index contributed by atoms with van der Waals surface area (Å²) in [5.41, 5.74) is 0.515. The van der Waals surface area contributed by atoms with Gasteiger partial charge < -0.3 is 0 Å². The van der Waals surface area contributed by atoms with Crippen molar-refractivity contribution < 1.29 is 8.42 Å². The van der Waals surface area contributed by atoms with E-state index in [-0.39, 0.29) is 15.7 Å². The number of para-hydroxylation sites is 1. The highest BCUT2D eigenvalue weighted by Crippen LogP contribution is 2.27. The molecule has 0 unspecified atom stereocenters. The molecule has 1 saturated heterocycles. The minimum Gasteiger partial charge on any atom is -0.267 e. The van der Waals surface area contributed by atoms with Crippen LogP contribution in [0, 0.1) is 6.92 Å². The van der Waals surface area contributed by atoms with Gasteiger partial charge in [0.25, 0.3) is 11.1 Å². The fraction of sp³-hybridized carbons (Fsp3) is 0.261. The third-order valence-corrected chi connectivity index (χ3v) is 7.86. The minimum absolute atomic E-state index is 0.102. The van der Waals surface area contributed by atoms with Gasteiger partial charge in [-0.2, -0.15) is 4.31 Å². The molecule has 32 heavy (non-hydrogen) atoms. The van der Waals surface area contributed by atoms with E-state index < -0.39 is 21.1 Å². The summed E-state index contributed by atoms with van der Waals surface area (Å²) in [5, 5.41) is 3.32. The Kier molecular flexibility index (Phi) is 4.94. The molecule has 8 nitrogen and oxygen atoms in total. The molecule has 4 aromatic rings. The first kappa shape index (κ1) is 20.6. The highest BCUT2D eigenvalue weighted by atomic mass is 32.2. The first-order valence-electron chi connectivity index (χ1n) is 10.5. The summed E-state index contributed by atoms with van der Waals surface area (Å²) in [6.07, 6.45) is 2.67. The van der Waals surface area contributed by atoms with Gasteiger partial charge in [-0.25, -0.2) is 13.1 Å². The number of hydrogen-bond donors (Lipinski definition) is 1. The number of H-pyrrole nitrogens is 1. The predicted octanol–water partition coefficient (Wildman–Crippen LogP) is 2.71. The summed E-state index contributed by atoms with van der Waals surface area (Å²) >= 11 is 0. The number of aromatic nitrogens is 3. The number of hydrogen-bond acceptors (Lipinski definition) is 5. The largest absolute Gasteiger partial charge is 0.279 e. The average Bonchev–Trinajstić information content (AvgIpc) is 2.81. The molecule has 1 aliphatic rings. The van der Waals surface area contributed by atoms with Crippen LogP contribution < -0.4 is 11.1 Å². The van der Waals surface area contributed by atoms with Gasteiger partial charge in [0.1, 0.15) is 0 Å². The van der Waals surface area contributed by atoms with E-state index in [1.807, 2.05) is 6.07 Å². The van der Waals surface area contributed by atoms with Gasteiger partial charge in [-0.15, -0.1) is 0 Å². The van der Waals surface area contributed by atoms with Crippen LogP contribution in [-0.4, -0.2) is 40.6 Å². The number of nitrogens with zero attached hydrogens (tertiary/aromatic N) is 3. The van der Waals surface area contributed by atoms with Crippen molar-refractivity contribution in [2.75, 3.05) is 13.1 Å². The van der Waals surface area contributed by atoms with Crippen molar-refractivity contribution in [1.29, 1.82) is 0 Å². The van der Waals surface area contributed by atoms with Crippen molar-refractivity contribution in [2.24, 2.45) is 0 Å². The molecule has 0 saturated carbocycles. The van der Waals surface area contributed by atoms with Crippen LogP contribution in [0.5, 0.6) is 0 Å². The number of fused-ring (bicyclic) bond motifs is 3. The lowest BCUT2D eigenvalue weighted by atomic mass is 10.1. The molecule has 0 aliphatic carbocycles. The summed E-state index contributed by atoms with van der Waals surface area (Å²) in [6, 6.07) is 13.4. The van der Waals surface area contributed by atoms with E-state index in [9.17, 15) is 18.0 Å². The molecule has 2 aromatic carbocycles. The molecule has 0 radical (unpaired) electrons. The molecule has 5 rings (SSSR count). The molecule has 1 fully saturated rings. The van der Waals surface area contributed by atoms with Crippen molar-refractivity contribution in [2.45, 2.75) is 31.1 Å². The van der Waals surface area contributed by atoms with Gasteiger partial charge in [0.05, 0.1) is 32.6 Å². The van der Waals surface area contributed by atoms with Gasteiger partial charge >= 0.3 is 0 Å². The summed E-state index contributed by atoms with van der Waals surface area (Å²) in [4.78, 5) is 31.1. The number of pyridine rings is 1. The van der Waals surface area contributed by atoms with Gasteiger partial charge in [0.2, 0.25) is 10.0 Å². The van der Waals surface area contributed by atoms with Crippen LogP contribution in [0.15, 0.2) is 63.0 Å². The monoisotopic (exact) mass is 450 g/mol. The third-order valence-electron chi connectivity index (χ3n) is 5.96. The number of sulfonamides is 1. The maximum Gasteiger partial charge on any atom is 0.279 e. The minimum atomic E-state index is -3.70. The normalized spacial score (nSPS) is 15.4. The summed E-state index contributed by atoms with van der Waals surface area (Å²) in [5.74, 6) is 0. The van der Waals surface area contributed by atoms with Crippen LogP contribution in [0.1, 0.15) is 25.0 Å². The number of aryl methyl sites for hydroxylation is 1. The topological polar surface area (TPSA) is 105 Å². The molecule has 164 valence electrons. The Morgan fingerprint density at radius 3 is 2.38 bits per heavy atom. The predicted molar refractivity (Wildman–Crippen MR) is 123 cm³/mol. The van der Waals surface area contributed by atoms with Crippen molar-refractivity contribution in [3.63, 3.8) is 0 Å². The molecule has 0 bridgehead atoms. The Bertz CT molecular complexity index is 1570. The van der Waals surface area contributed by atoms with E-state index in [0.717, 1.165) is 19.3 Å². The second-order valence-electron chi connectivity index (χ2n) is 8.01. The zero-order chi connectivity index (χ0) is 22.5. The fourth-order valence-corrected chi connectivity index (χ4v) is 5.90. The van der Waals surface area contributed by atoms with E-state index in [0.29, 0.717) is 35.4 Å². The smallest absolute Gasteiger partial charge is 0.267 e. The molecular weight excluding hydrogens is 428 g/mol. The number of benzene rings is 2. The molecular formula is C23H22N4O4S. The molecule has 2 aromatic heterocycles. The maximum absolute atomic E-state index is 13.3. The van der Waals surface area contributed by atoms with Gasteiger partial charge in [-0.3, -0.25) is 19.7 Å². The van der Waals surface area contributed by atoms with E-state index in [2.05, 4.69) is 10.1 Å². The summed E-state index contributed by atoms with van der Waals surface area (Å²) in [7, 11) is -3.70. The standard InChI is InChI=1S/C23H22N4O4S/c1-15-20-21(22(28)25-27(23(20)29)16-8-4-2-5-9-16)18-14-17(10-11-19(18)24-15)32(30,31)26-12-6-3-7-13-26/h2,4-5,8-11,14H,3,6-7,12-13H2,1H3,(H,25,28). The fourth-order valence-electron chi connectivity index (χ4n) is 4.36. The van der Waals surface area contributed by atoms with E-state index >= 15 is 0 Å². The van der Waals surface area contributed by atoms with Gasteiger partial charge in [0, 0.05) is 18.5 Å². The van der Waals surface area contributed by atoms with Crippen LogP contribution in [0.25, 0.3) is 27.4 Å². The van der Waals surface area contributed by atoms with Crippen molar-refractivity contribution in [1.82, 2.24) is 19.1 Å². The summed E-state index contributed by atoms with van der Waals surface area (Å²) < 4.78 is 29.0. The second-order valence-corrected chi connectivity index (χ2v) is 9.95. The lowest BCUT2D eigenvalue weighted by Crippen LogP contribution is -2.35. The molecule has 9 heteroatoms. The van der Waals surface area contributed by atoms with Crippen molar-refractivity contribution in [3.8, 4) is 5.69 Å². The lowest BCUT2D eigenvalue weighted by Gasteiger charge is -2.26. The number of piperidine rings is 1. The van der Waals surface area contributed by atoms with Crippen molar-refractivity contribution >= 4 is 31.7 Å². The van der Waals surface area contributed by atoms with E-state index in [4.69, 9.17) is 0 Å². The number of nitrogens with one attached hydrogen (secondary N) is 1. The Morgan fingerprint density at radius 2 is 1.66 bits per heavy atom. The highest BCUT2D eigenvalue weighted by Gasteiger charge is 2.27. The van der Waals surface area contributed by atoms with Gasteiger partial charge in [-0.1, -0.05) is 24.6 Å². The van der Waals surface area contributed by atoms with E-state index in [1.54, 1.807) is 37.3 Å².